The summed E-state index contributed by atoms with van der Waals surface area (Å²) >= 11 is 0. The molecule has 1 aliphatic rings. The molecule has 1 heterocycles. The van der Waals surface area contributed by atoms with Crippen LogP contribution in [0.2, 0.25) is 0 Å². The minimum absolute atomic E-state index is 0.0356. The summed E-state index contributed by atoms with van der Waals surface area (Å²) in [5, 5.41) is 14.2. The second-order valence-corrected chi connectivity index (χ2v) is 4.66. The maximum absolute atomic E-state index is 11.9. The number of nitrogens with zero attached hydrogens (tertiary/aromatic N) is 1. The van der Waals surface area contributed by atoms with Gasteiger partial charge >= 0.3 is 0 Å². The number of rotatable bonds is 3. The normalized spacial score (nSPS) is 26.8. The number of nitrogens with two attached hydrogens (primary N) is 1. The number of nitrogens with one attached hydrogen (secondary N) is 1. The van der Waals surface area contributed by atoms with E-state index in [2.05, 4.69) is 10.5 Å². The van der Waals surface area contributed by atoms with Crippen LogP contribution in [0.25, 0.3) is 0 Å². The molecule has 1 amide bonds. The van der Waals surface area contributed by atoms with E-state index >= 15 is 0 Å². The highest BCUT2D eigenvalue weighted by molar-refractivity contribution is 5.94. The van der Waals surface area contributed by atoms with Crippen molar-refractivity contribution in [3.05, 3.63) is 0 Å². The molecule has 92 valence electrons. The van der Waals surface area contributed by atoms with Gasteiger partial charge in [-0.05, 0) is 26.2 Å². The molecule has 6 heteroatoms. The van der Waals surface area contributed by atoms with Crippen molar-refractivity contribution in [1.82, 2.24) is 5.32 Å². The van der Waals surface area contributed by atoms with Gasteiger partial charge in [-0.25, -0.2) is 0 Å². The molecule has 16 heavy (non-hydrogen) atoms. The molecule has 1 rings (SSSR count). The van der Waals surface area contributed by atoms with Gasteiger partial charge in [-0.15, -0.1) is 0 Å². The fourth-order valence-electron chi connectivity index (χ4n) is 1.60. The lowest BCUT2D eigenvalue weighted by atomic mass is 10.00. The van der Waals surface area contributed by atoms with E-state index in [-0.39, 0.29) is 17.7 Å². The van der Waals surface area contributed by atoms with Gasteiger partial charge in [0.15, 0.2) is 5.84 Å². The van der Waals surface area contributed by atoms with Gasteiger partial charge in [0.1, 0.15) is 6.10 Å². The SMILES string of the molecule is CC1CCOC1C(=O)NC(C)(C)C(N)=NO. The first-order valence-electron chi connectivity index (χ1n) is 5.30. The van der Waals surface area contributed by atoms with Crippen LogP contribution in [0, 0.1) is 5.92 Å². The van der Waals surface area contributed by atoms with Crippen molar-refractivity contribution >= 4 is 11.7 Å². The number of carbonyl (C=O) groups is 1. The lowest BCUT2D eigenvalue weighted by Crippen LogP contribution is -2.56. The van der Waals surface area contributed by atoms with Crippen LogP contribution in [0.15, 0.2) is 5.16 Å². The van der Waals surface area contributed by atoms with Gasteiger partial charge in [0, 0.05) is 6.61 Å². The Bertz CT molecular complexity index is 302. The van der Waals surface area contributed by atoms with Gasteiger partial charge in [-0.1, -0.05) is 12.1 Å². The summed E-state index contributed by atoms with van der Waals surface area (Å²) in [6.45, 7) is 5.90. The topological polar surface area (TPSA) is 96.9 Å². The first-order chi connectivity index (χ1) is 7.38. The van der Waals surface area contributed by atoms with Gasteiger partial charge in [0.05, 0.1) is 5.54 Å². The molecule has 1 saturated heterocycles. The number of amides is 1. The third kappa shape index (κ3) is 2.63. The first-order valence-corrected chi connectivity index (χ1v) is 5.30. The van der Waals surface area contributed by atoms with Crippen molar-refractivity contribution in [2.75, 3.05) is 6.61 Å². The fraction of sp³-hybridized carbons (Fsp3) is 0.800. The molecule has 2 atom stereocenters. The molecule has 0 aliphatic carbocycles. The van der Waals surface area contributed by atoms with Crippen molar-refractivity contribution in [3.8, 4) is 0 Å². The average molecular weight is 229 g/mol. The lowest BCUT2D eigenvalue weighted by molar-refractivity contribution is -0.132. The highest BCUT2D eigenvalue weighted by atomic mass is 16.5. The Labute approximate surface area is 94.8 Å². The van der Waals surface area contributed by atoms with Crippen LogP contribution in [-0.2, 0) is 9.53 Å². The average Bonchev–Trinajstić information content (AvgIpc) is 2.62. The van der Waals surface area contributed by atoms with Crippen molar-refractivity contribution < 1.29 is 14.7 Å². The van der Waals surface area contributed by atoms with Gasteiger partial charge in [-0.3, -0.25) is 4.79 Å². The number of oxime groups is 1. The molecule has 4 N–H and O–H groups in total. The third-order valence-electron chi connectivity index (χ3n) is 2.83. The molecule has 0 saturated carbocycles. The second-order valence-electron chi connectivity index (χ2n) is 4.66. The Morgan fingerprint density at radius 3 is 2.69 bits per heavy atom. The zero-order chi connectivity index (χ0) is 12.3. The maximum atomic E-state index is 11.9. The fourth-order valence-corrected chi connectivity index (χ4v) is 1.60. The zero-order valence-electron chi connectivity index (χ0n) is 9.86. The van der Waals surface area contributed by atoms with Crippen molar-refractivity contribution in [2.24, 2.45) is 16.8 Å². The summed E-state index contributed by atoms with van der Waals surface area (Å²) in [6, 6.07) is 0. The van der Waals surface area contributed by atoms with Crippen LogP contribution in [0.4, 0.5) is 0 Å². The number of hydrogen-bond acceptors (Lipinski definition) is 4. The molecule has 0 bridgehead atoms. The molecule has 6 nitrogen and oxygen atoms in total. The highest BCUT2D eigenvalue weighted by Crippen LogP contribution is 2.20. The highest BCUT2D eigenvalue weighted by Gasteiger charge is 2.35. The molecule has 0 aromatic heterocycles. The maximum Gasteiger partial charge on any atom is 0.250 e. The van der Waals surface area contributed by atoms with Gasteiger partial charge < -0.3 is 21.0 Å². The predicted molar refractivity (Wildman–Crippen MR) is 59.2 cm³/mol. The van der Waals surface area contributed by atoms with Crippen LogP contribution < -0.4 is 11.1 Å². The van der Waals surface area contributed by atoms with E-state index in [1.807, 2.05) is 6.92 Å². The summed E-state index contributed by atoms with van der Waals surface area (Å²) in [4.78, 5) is 11.9. The number of amidine groups is 1. The minimum atomic E-state index is -0.877. The van der Waals surface area contributed by atoms with Gasteiger partial charge in [0.25, 0.3) is 0 Å². The molecule has 0 radical (unpaired) electrons. The van der Waals surface area contributed by atoms with Crippen LogP contribution in [0.5, 0.6) is 0 Å². The standard InChI is InChI=1S/C10H19N3O3/c1-6-4-5-16-7(6)8(14)12-10(2,3)9(11)13-15/h6-7,15H,4-5H2,1-3H3,(H2,11,13)(H,12,14). The second kappa shape index (κ2) is 4.69. The zero-order valence-corrected chi connectivity index (χ0v) is 9.86. The van der Waals surface area contributed by atoms with Crippen LogP contribution in [0.1, 0.15) is 27.2 Å². The number of carbonyl (C=O) groups excluding carboxylic acids is 1. The van der Waals surface area contributed by atoms with Crippen molar-refractivity contribution in [2.45, 2.75) is 38.8 Å². The van der Waals surface area contributed by atoms with E-state index in [1.165, 1.54) is 0 Å². The van der Waals surface area contributed by atoms with Gasteiger partial charge in [-0.2, -0.15) is 0 Å². The lowest BCUT2D eigenvalue weighted by Gasteiger charge is -2.26. The Balaban J connectivity index is 2.63. The predicted octanol–water partition coefficient (Wildman–Crippen LogP) is 0.0526. The largest absolute Gasteiger partial charge is 0.409 e. The Morgan fingerprint density at radius 1 is 1.62 bits per heavy atom. The Hall–Kier alpha value is -1.30. The molecular weight excluding hydrogens is 210 g/mol. The minimum Gasteiger partial charge on any atom is -0.409 e. The van der Waals surface area contributed by atoms with E-state index in [0.29, 0.717) is 6.61 Å². The van der Waals surface area contributed by atoms with E-state index in [1.54, 1.807) is 13.8 Å². The molecule has 2 unspecified atom stereocenters. The summed E-state index contributed by atoms with van der Waals surface area (Å²) in [7, 11) is 0. The molecule has 0 aromatic rings. The molecule has 0 aromatic carbocycles. The summed E-state index contributed by atoms with van der Waals surface area (Å²) < 4.78 is 5.33. The summed E-state index contributed by atoms with van der Waals surface area (Å²) in [5.41, 5.74) is 4.60. The van der Waals surface area contributed by atoms with Crippen LogP contribution in [0.3, 0.4) is 0 Å². The van der Waals surface area contributed by atoms with E-state index < -0.39 is 11.6 Å². The molecule has 1 aliphatic heterocycles. The Kier molecular flexibility index (Phi) is 3.74. The molecule has 1 fully saturated rings. The third-order valence-corrected chi connectivity index (χ3v) is 2.83. The van der Waals surface area contributed by atoms with E-state index in [0.717, 1.165) is 6.42 Å². The van der Waals surface area contributed by atoms with Crippen molar-refractivity contribution in [3.63, 3.8) is 0 Å². The molecular formula is C10H19N3O3. The van der Waals surface area contributed by atoms with Crippen LogP contribution in [-0.4, -0.2) is 35.2 Å². The van der Waals surface area contributed by atoms with Crippen LogP contribution >= 0.6 is 0 Å². The summed E-state index contributed by atoms with van der Waals surface area (Å²) in [5.74, 6) is -0.0591. The van der Waals surface area contributed by atoms with E-state index in [4.69, 9.17) is 15.7 Å². The Morgan fingerprint density at radius 2 is 2.25 bits per heavy atom. The monoisotopic (exact) mass is 229 g/mol. The molecule has 0 spiro atoms. The van der Waals surface area contributed by atoms with Crippen molar-refractivity contribution in [1.29, 1.82) is 0 Å². The number of ether oxygens (including phenoxy) is 1. The first kappa shape index (κ1) is 12.8. The van der Waals surface area contributed by atoms with E-state index in [9.17, 15) is 4.79 Å². The van der Waals surface area contributed by atoms with Gasteiger partial charge in [0.2, 0.25) is 5.91 Å². The quantitative estimate of drug-likeness (QED) is 0.276. The summed E-state index contributed by atoms with van der Waals surface area (Å²) in [6.07, 6.45) is 0.438. The number of hydrogen-bond donors (Lipinski definition) is 3. The smallest absolute Gasteiger partial charge is 0.250 e.